The van der Waals surface area contributed by atoms with Crippen LogP contribution in [-0.2, 0) is 13.6 Å². The average molecular weight is 265 g/mol. The van der Waals surface area contributed by atoms with Crippen molar-refractivity contribution in [1.82, 2.24) is 15.1 Å². The molecule has 2 aromatic rings. The average Bonchev–Trinajstić information content (AvgIpc) is 2.65. The zero-order valence-corrected chi connectivity index (χ0v) is 11.2. The molecule has 1 aromatic heterocycles. The smallest absolute Gasteiger partial charge is 0.130 e. The van der Waals surface area contributed by atoms with Gasteiger partial charge in [0.15, 0.2) is 0 Å². The van der Waals surface area contributed by atoms with Crippen LogP contribution in [0.1, 0.15) is 29.8 Å². The third-order valence-electron chi connectivity index (χ3n) is 3.14. The summed E-state index contributed by atoms with van der Waals surface area (Å²) in [6.07, 6.45) is 1.93. The van der Waals surface area contributed by atoms with Gasteiger partial charge in [0, 0.05) is 43.0 Å². The normalized spacial score (nSPS) is 12.7. The fourth-order valence-corrected chi connectivity index (χ4v) is 2.05. The third-order valence-corrected chi connectivity index (χ3v) is 3.14. The van der Waals surface area contributed by atoms with E-state index in [-0.39, 0.29) is 6.04 Å². The molecule has 1 unspecified atom stereocenters. The van der Waals surface area contributed by atoms with E-state index < -0.39 is 11.6 Å². The van der Waals surface area contributed by atoms with Gasteiger partial charge in [0.25, 0.3) is 0 Å². The Morgan fingerprint density at radius 1 is 1.37 bits per heavy atom. The van der Waals surface area contributed by atoms with Gasteiger partial charge in [0.2, 0.25) is 0 Å². The van der Waals surface area contributed by atoms with Crippen LogP contribution >= 0.6 is 0 Å². The first kappa shape index (κ1) is 13.7. The minimum absolute atomic E-state index is 0.194. The molecule has 0 aliphatic rings. The first-order valence-electron chi connectivity index (χ1n) is 6.15. The molecule has 0 aliphatic heterocycles. The van der Waals surface area contributed by atoms with Gasteiger partial charge >= 0.3 is 0 Å². The Morgan fingerprint density at radius 2 is 2.11 bits per heavy atom. The van der Waals surface area contributed by atoms with E-state index in [4.69, 9.17) is 0 Å². The quantitative estimate of drug-likeness (QED) is 0.921. The zero-order valence-electron chi connectivity index (χ0n) is 11.2. The van der Waals surface area contributed by atoms with Crippen LogP contribution in [0.2, 0.25) is 0 Å². The maximum atomic E-state index is 13.6. The Labute approximate surface area is 111 Å². The van der Waals surface area contributed by atoms with Crippen LogP contribution in [0, 0.1) is 18.6 Å². The number of halogens is 2. The van der Waals surface area contributed by atoms with Crippen molar-refractivity contribution in [1.29, 1.82) is 0 Å². The standard InChI is InChI=1S/C14H17F2N3/c1-9-11(8-19(3)18-9)7-17-10(2)13-5-4-12(15)6-14(13)16/h4-6,8,10,17H,7H2,1-3H3. The van der Waals surface area contributed by atoms with Crippen LogP contribution in [0.5, 0.6) is 0 Å². The Bertz CT molecular complexity index is 578. The minimum Gasteiger partial charge on any atom is -0.306 e. The highest BCUT2D eigenvalue weighted by atomic mass is 19.1. The lowest BCUT2D eigenvalue weighted by molar-refractivity contribution is 0.517. The molecule has 0 spiro atoms. The highest BCUT2D eigenvalue weighted by Gasteiger charge is 2.12. The van der Waals surface area contributed by atoms with E-state index >= 15 is 0 Å². The molecule has 0 aliphatic carbocycles. The van der Waals surface area contributed by atoms with Crippen LogP contribution in [0.15, 0.2) is 24.4 Å². The van der Waals surface area contributed by atoms with Gasteiger partial charge in [-0.2, -0.15) is 5.10 Å². The van der Waals surface area contributed by atoms with E-state index in [0.29, 0.717) is 12.1 Å². The Balaban J connectivity index is 2.05. The fraction of sp³-hybridized carbons (Fsp3) is 0.357. The van der Waals surface area contributed by atoms with Crippen molar-refractivity contribution in [2.24, 2.45) is 7.05 Å². The first-order valence-corrected chi connectivity index (χ1v) is 6.15. The highest BCUT2D eigenvalue weighted by molar-refractivity contribution is 5.22. The van der Waals surface area contributed by atoms with E-state index in [1.165, 1.54) is 12.1 Å². The summed E-state index contributed by atoms with van der Waals surface area (Å²) >= 11 is 0. The molecule has 0 saturated heterocycles. The molecule has 0 amide bonds. The fourth-order valence-electron chi connectivity index (χ4n) is 2.05. The van der Waals surface area contributed by atoms with E-state index in [1.807, 2.05) is 27.1 Å². The maximum Gasteiger partial charge on any atom is 0.130 e. The second kappa shape index (κ2) is 5.48. The van der Waals surface area contributed by atoms with Crippen LogP contribution in [0.4, 0.5) is 8.78 Å². The predicted octanol–water partition coefficient (Wildman–Crippen LogP) is 2.86. The largest absolute Gasteiger partial charge is 0.306 e. The second-order valence-electron chi connectivity index (χ2n) is 4.68. The predicted molar refractivity (Wildman–Crippen MR) is 69.6 cm³/mol. The van der Waals surface area contributed by atoms with E-state index in [0.717, 1.165) is 17.3 Å². The molecule has 1 aromatic carbocycles. The number of nitrogens with zero attached hydrogens (tertiary/aromatic N) is 2. The van der Waals surface area contributed by atoms with Gasteiger partial charge in [0.1, 0.15) is 11.6 Å². The summed E-state index contributed by atoms with van der Waals surface area (Å²) in [5.41, 5.74) is 2.47. The molecular formula is C14H17F2N3. The Kier molecular flexibility index (Phi) is 3.95. The number of aryl methyl sites for hydroxylation is 2. The lowest BCUT2D eigenvalue weighted by Crippen LogP contribution is -2.19. The minimum atomic E-state index is -0.559. The van der Waals surface area contributed by atoms with Gasteiger partial charge in [-0.05, 0) is 19.9 Å². The van der Waals surface area contributed by atoms with E-state index in [9.17, 15) is 8.78 Å². The Morgan fingerprint density at radius 3 is 2.68 bits per heavy atom. The van der Waals surface area contributed by atoms with Crippen molar-refractivity contribution < 1.29 is 8.78 Å². The second-order valence-corrected chi connectivity index (χ2v) is 4.68. The van der Waals surface area contributed by atoms with Crippen molar-refractivity contribution in [3.63, 3.8) is 0 Å². The molecule has 2 rings (SSSR count). The number of benzene rings is 1. The summed E-state index contributed by atoms with van der Waals surface area (Å²) in [4.78, 5) is 0. The van der Waals surface area contributed by atoms with Gasteiger partial charge in [-0.3, -0.25) is 4.68 Å². The van der Waals surface area contributed by atoms with Crippen LogP contribution in [0.25, 0.3) is 0 Å². The van der Waals surface area contributed by atoms with Gasteiger partial charge in [-0.25, -0.2) is 8.78 Å². The molecule has 5 heteroatoms. The van der Waals surface area contributed by atoms with E-state index in [1.54, 1.807) is 4.68 Å². The molecule has 0 radical (unpaired) electrons. The molecular weight excluding hydrogens is 248 g/mol. The summed E-state index contributed by atoms with van der Waals surface area (Å²) in [6, 6.07) is 3.45. The molecule has 0 saturated carbocycles. The molecule has 1 N–H and O–H groups in total. The van der Waals surface area contributed by atoms with Crippen LogP contribution < -0.4 is 5.32 Å². The summed E-state index contributed by atoms with van der Waals surface area (Å²) in [5.74, 6) is -1.08. The number of nitrogens with one attached hydrogen (secondary N) is 1. The summed E-state index contributed by atoms with van der Waals surface area (Å²) < 4.78 is 28.2. The molecule has 3 nitrogen and oxygen atoms in total. The number of hydrogen-bond donors (Lipinski definition) is 1. The van der Waals surface area contributed by atoms with Gasteiger partial charge < -0.3 is 5.32 Å². The Hall–Kier alpha value is -1.75. The molecule has 0 bridgehead atoms. The van der Waals surface area contributed by atoms with Crippen molar-refractivity contribution in [2.45, 2.75) is 26.4 Å². The maximum absolute atomic E-state index is 13.6. The van der Waals surface area contributed by atoms with Crippen molar-refractivity contribution in [3.05, 3.63) is 52.9 Å². The van der Waals surface area contributed by atoms with Crippen molar-refractivity contribution >= 4 is 0 Å². The number of rotatable bonds is 4. The SMILES string of the molecule is Cc1nn(C)cc1CNC(C)c1ccc(F)cc1F. The van der Waals surface area contributed by atoms with Gasteiger partial charge in [-0.15, -0.1) is 0 Å². The van der Waals surface area contributed by atoms with E-state index in [2.05, 4.69) is 10.4 Å². The van der Waals surface area contributed by atoms with Crippen molar-refractivity contribution in [2.75, 3.05) is 0 Å². The first-order chi connectivity index (χ1) is 8.97. The van der Waals surface area contributed by atoms with Crippen LogP contribution in [-0.4, -0.2) is 9.78 Å². The monoisotopic (exact) mass is 265 g/mol. The molecule has 102 valence electrons. The topological polar surface area (TPSA) is 29.9 Å². The highest BCUT2D eigenvalue weighted by Crippen LogP contribution is 2.18. The van der Waals surface area contributed by atoms with Gasteiger partial charge in [0.05, 0.1) is 5.69 Å². The van der Waals surface area contributed by atoms with Gasteiger partial charge in [-0.1, -0.05) is 6.07 Å². The lowest BCUT2D eigenvalue weighted by Gasteiger charge is -2.14. The summed E-state index contributed by atoms with van der Waals surface area (Å²) in [7, 11) is 1.86. The van der Waals surface area contributed by atoms with Crippen molar-refractivity contribution in [3.8, 4) is 0 Å². The zero-order chi connectivity index (χ0) is 14.0. The third kappa shape index (κ3) is 3.17. The summed E-state index contributed by atoms with van der Waals surface area (Å²) in [5, 5.41) is 7.46. The number of hydrogen-bond acceptors (Lipinski definition) is 2. The summed E-state index contributed by atoms with van der Waals surface area (Å²) in [6.45, 7) is 4.37. The number of aromatic nitrogens is 2. The molecule has 1 heterocycles. The molecule has 0 fully saturated rings. The molecule has 1 atom stereocenters. The molecule has 19 heavy (non-hydrogen) atoms. The van der Waals surface area contributed by atoms with Crippen LogP contribution in [0.3, 0.4) is 0 Å². The lowest BCUT2D eigenvalue weighted by atomic mass is 10.1.